The molecule has 19 heavy (non-hydrogen) atoms. The minimum Gasteiger partial charge on any atom is -0.460 e. The zero-order valence-electron chi connectivity index (χ0n) is 12.2. The van der Waals surface area contributed by atoms with Gasteiger partial charge in [0, 0.05) is 5.57 Å². The Hall–Kier alpha value is -1.09. The summed E-state index contributed by atoms with van der Waals surface area (Å²) in [5.74, 6) is 0.972. The normalized spacial score (nSPS) is 28.9. The number of fused-ring (bicyclic) bond motifs is 2. The van der Waals surface area contributed by atoms with E-state index in [2.05, 4.69) is 20.4 Å². The first-order valence-corrected chi connectivity index (χ1v) is 7.19. The van der Waals surface area contributed by atoms with Gasteiger partial charge in [0.1, 0.15) is 6.61 Å². The van der Waals surface area contributed by atoms with Gasteiger partial charge in [-0.1, -0.05) is 31.6 Å². The molecule has 0 aliphatic heterocycles. The van der Waals surface area contributed by atoms with Crippen LogP contribution in [0, 0.1) is 11.8 Å². The predicted octanol–water partition coefficient (Wildman–Crippen LogP) is 3.26. The van der Waals surface area contributed by atoms with Gasteiger partial charge in [-0.2, -0.15) is 0 Å². The molecule has 0 amide bonds. The highest BCUT2D eigenvalue weighted by molar-refractivity contribution is 5.86. The van der Waals surface area contributed by atoms with Gasteiger partial charge in [-0.25, -0.2) is 4.79 Å². The quantitative estimate of drug-likeness (QED) is 0.320. The molecule has 3 nitrogen and oxygen atoms in total. The van der Waals surface area contributed by atoms with Gasteiger partial charge in [0.15, 0.2) is 0 Å². The summed E-state index contributed by atoms with van der Waals surface area (Å²) < 4.78 is 10.9. The minimum absolute atomic E-state index is 0.322. The topological polar surface area (TPSA) is 35.5 Å². The Morgan fingerprint density at radius 2 is 2.11 bits per heavy atom. The fraction of sp³-hybridized carbons (Fsp3) is 0.688. The zero-order chi connectivity index (χ0) is 14.0. The van der Waals surface area contributed by atoms with Crippen molar-refractivity contribution in [3.05, 3.63) is 23.3 Å². The number of ether oxygens (including phenoxy) is 2. The number of rotatable bonds is 6. The highest BCUT2D eigenvalue weighted by atomic mass is 16.6. The molecule has 2 aliphatic carbocycles. The number of hydrogen-bond donors (Lipinski definition) is 0. The van der Waals surface area contributed by atoms with E-state index in [9.17, 15) is 4.79 Å². The number of carbonyl (C=O) groups excluding carboxylic acids is 1. The molecule has 0 aromatic heterocycles. The van der Waals surface area contributed by atoms with E-state index in [1.54, 1.807) is 18.1 Å². The second kappa shape index (κ2) is 5.91. The maximum Gasteiger partial charge on any atom is 0.333 e. The summed E-state index contributed by atoms with van der Waals surface area (Å²) in [5, 5.41) is 0. The van der Waals surface area contributed by atoms with Gasteiger partial charge in [-0.15, -0.1) is 0 Å². The van der Waals surface area contributed by atoms with Gasteiger partial charge in [0.25, 0.3) is 0 Å². The second-order valence-electron chi connectivity index (χ2n) is 5.67. The fourth-order valence-corrected chi connectivity index (χ4v) is 3.45. The van der Waals surface area contributed by atoms with Crippen molar-refractivity contribution in [2.24, 2.45) is 11.8 Å². The van der Waals surface area contributed by atoms with Gasteiger partial charge in [0.05, 0.1) is 12.7 Å². The molecule has 0 saturated heterocycles. The maximum absolute atomic E-state index is 11.2. The van der Waals surface area contributed by atoms with E-state index in [1.807, 2.05) is 0 Å². The van der Waals surface area contributed by atoms with E-state index in [4.69, 9.17) is 9.47 Å². The molecule has 0 heterocycles. The Bertz CT molecular complexity index is 408. The molecular weight excluding hydrogens is 240 g/mol. The average Bonchev–Trinajstić information content (AvgIpc) is 2.91. The molecule has 0 N–H and O–H groups in total. The lowest BCUT2D eigenvalue weighted by Gasteiger charge is -2.28. The molecule has 2 aliphatic rings. The van der Waals surface area contributed by atoms with Crippen molar-refractivity contribution in [3.63, 3.8) is 0 Å². The first-order chi connectivity index (χ1) is 9.04. The van der Waals surface area contributed by atoms with Crippen LogP contribution < -0.4 is 0 Å². The molecule has 3 heteroatoms. The largest absolute Gasteiger partial charge is 0.460 e. The Balaban J connectivity index is 1.74. The molecule has 3 atom stereocenters. The molecule has 1 saturated carbocycles. The van der Waals surface area contributed by atoms with E-state index in [-0.39, 0.29) is 5.97 Å². The Morgan fingerprint density at radius 1 is 1.37 bits per heavy atom. The summed E-state index contributed by atoms with van der Waals surface area (Å²) >= 11 is 0. The van der Waals surface area contributed by atoms with Crippen LogP contribution in [0.2, 0.25) is 0 Å². The van der Waals surface area contributed by atoms with Crippen molar-refractivity contribution in [2.45, 2.75) is 46.1 Å². The standard InChI is InChI=1S/C16H24O3/c1-5-13-11(4)14-8-12(13)9-15(14)18-6-7-19-16(17)10(2)3/h11,14-15H,2,5-9H2,1,3-4H3. The molecule has 0 aromatic carbocycles. The molecule has 0 aromatic rings. The summed E-state index contributed by atoms with van der Waals surface area (Å²) in [5.41, 5.74) is 3.70. The number of carbonyl (C=O) groups is 1. The summed E-state index contributed by atoms with van der Waals surface area (Å²) in [7, 11) is 0. The highest BCUT2D eigenvalue weighted by Crippen LogP contribution is 2.50. The number of hydrogen-bond acceptors (Lipinski definition) is 3. The van der Waals surface area contributed by atoms with E-state index >= 15 is 0 Å². The van der Waals surface area contributed by atoms with Crippen LogP contribution in [0.3, 0.4) is 0 Å². The lowest BCUT2D eigenvalue weighted by Crippen LogP contribution is -2.27. The molecule has 0 radical (unpaired) electrons. The second-order valence-corrected chi connectivity index (χ2v) is 5.67. The third-order valence-electron chi connectivity index (χ3n) is 4.43. The van der Waals surface area contributed by atoms with Crippen LogP contribution in [-0.2, 0) is 14.3 Å². The lowest BCUT2D eigenvalue weighted by molar-refractivity contribution is -0.141. The third-order valence-corrected chi connectivity index (χ3v) is 4.43. The summed E-state index contributed by atoms with van der Waals surface area (Å²) in [6.07, 6.45) is 3.78. The summed E-state index contributed by atoms with van der Waals surface area (Å²) in [6, 6.07) is 0. The molecule has 106 valence electrons. The molecule has 3 unspecified atom stereocenters. The Labute approximate surface area is 115 Å². The van der Waals surface area contributed by atoms with Gasteiger partial charge >= 0.3 is 5.97 Å². The van der Waals surface area contributed by atoms with Crippen LogP contribution in [0.4, 0.5) is 0 Å². The van der Waals surface area contributed by atoms with E-state index in [0.717, 1.165) is 6.42 Å². The monoisotopic (exact) mass is 264 g/mol. The van der Waals surface area contributed by atoms with E-state index < -0.39 is 0 Å². The number of allylic oxidation sites excluding steroid dienone is 1. The van der Waals surface area contributed by atoms with Gasteiger partial charge in [0.2, 0.25) is 0 Å². The van der Waals surface area contributed by atoms with Crippen LogP contribution in [0.15, 0.2) is 23.3 Å². The predicted molar refractivity (Wildman–Crippen MR) is 74.7 cm³/mol. The Kier molecular flexibility index (Phi) is 4.46. The molecule has 0 spiro atoms. The lowest BCUT2D eigenvalue weighted by atomic mass is 9.85. The molecule has 2 bridgehead atoms. The van der Waals surface area contributed by atoms with E-state index in [1.165, 1.54) is 12.8 Å². The van der Waals surface area contributed by atoms with Crippen molar-refractivity contribution >= 4 is 5.97 Å². The SMILES string of the molecule is C=C(C)C(=O)OCCOC1CC2=C(CC)C(C)C1C2. The van der Waals surface area contributed by atoms with Crippen LogP contribution in [0.25, 0.3) is 0 Å². The van der Waals surface area contributed by atoms with Crippen LogP contribution in [-0.4, -0.2) is 25.3 Å². The zero-order valence-corrected chi connectivity index (χ0v) is 12.2. The third kappa shape index (κ3) is 2.92. The molecule has 1 fully saturated rings. The van der Waals surface area contributed by atoms with Crippen molar-refractivity contribution in [3.8, 4) is 0 Å². The minimum atomic E-state index is -0.333. The molecular formula is C16H24O3. The maximum atomic E-state index is 11.2. The van der Waals surface area contributed by atoms with Crippen LogP contribution in [0.1, 0.15) is 40.0 Å². The fourth-order valence-electron chi connectivity index (χ4n) is 3.45. The van der Waals surface area contributed by atoms with Crippen LogP contribution in [0.5, 0.6) is 0 Å². The molecule has 2 rings (SSSR count). The first-order valence-electron chi connectivity index (χ1n) is 7.19. The average molecular weight is 264 g/mol. The van der Waals surface area contributed by atoms with E-state index in [0.29, 0.717) is 36.7 Å². The van der Waals surface area contributed by atoms with Gasteiger partial charge < -0.3 is 9.47 Å². The number of esters is 1. The summed E-state index contributed by atoms with van der Waals surface area (Å²) in [4.78, 5) is 11.2. The van der Waals surface area contributed by atoms with Gasteiger partial charge in [-0.3, -0.25) is 0 Å². The first kappa shape index (κ1) is 14.3. The van der Waals surface area contributed by atoms with Crippen molar-refractivity contribution in [2.75, 3.05) is 13.2 Å². The summed E-state index contributed by atoms with van der Waals surface area (Å²) in [6.45, 7) is 10.6. The highest BCUT2D eigenvalue weighted by Gasteiger charge is 2.43. The van der Waals surface area contributed by atoms with Crippen molar-refractivity contribution in [1.29, 1.82) is 0 Å². The van der Waals surface area contributed by atoms with Gasteiger partial charge in [-0.05, 0) is 38.0 Å². The van der Waals surface area contributed by atoms with Crippen molar-refractivity contribution < 1.29 is 14.3 Å². The van der Waals surface area contributed by atoms with Crippen LogP contribution >= 0.6 is 0 Å². The Morgan fingerprint density at radius 3 is 2.68 bits per heavy atom. The smallest absolute Gasteiger partial charge is 0.333 e. The van der Waals surface area contributed by atoms with Crippen molar-refractivity contribution in [1.82, 2.24) is 0 Å².